The van der Waals surface area contributed by atoms with Gasteiger partial charge in [0.05, 0.1) is 30.3 Å². The molecule has 0 saturated carbocycles. The van der Waals surface area contributed by atoms with E-state index < -0.39 is 10.1 Å². The van der Waals surface area contributed by atoms with Crippen LogP contribution in [0.2, 0.25) is 0 Å². The zero-order chi connectivity index (χ0) is 12.8. The van der Waals surface area contributed by atoms with Crippen molar-refractivity contribution in [2.45, 2.75) is 19.5 Å². The van der Waals surface area contributed by atoms with Crippen LogP contribution in [0.1, 0.15) is 13.3 Å². The van der Waals surface area contributed by atoms with Gasteiger partial charge in [-0.3, -0.25) is 4.90 Å². The average Bonchev–Trinajstić information content (AvgIpc) is 2.46. The summed E-state index contributed by atoms with van der Waals surface area (Å²) in [6.45, 7) is 8.09. The fourth-order valence-electron chi connectivity index (χ4n) is 1.36. The second kappa shape index (κ2) is 7.01. The van der Waals surface area contributed by atoms with Crippen LogP contribution in [0.25, 0.3) is 0 Å². The van der Waals surface area contributed by atoms with Gasteiger partial charge >= 0.3 is 0 Å². The lowest BCUT2D eigenvalue weighted by Crippen LogP contribution is -3.11. The average molecular weight is 250 g/mol. The summed E-state index contributed by atoms with van der Waals surface area (Å²) in [7, 11) is 0.418. The van der Waals surface area contributed by atoms with Crippen molar-refractivity contribution in [2.24, 2.45) is 0 Å². The summed E-state index contributed by atoms with van der Waals surface area (Å²) in [5.74, 6) is -0.337. The van der Waals surface area contributed by atoms with E-state index in [9.17, 15) is 13.0 Å². The monoisotopic (exact) mass is 250 g/mol. The van der Waals surface area contributed by atoms with E-state index in [2.05, 4.69) is 32.5 Å². The second-order valence-corrected chi connectivity index (χ2v) is 5.62. The SMILES string of the molecule is C=CCCS(=O)(=O)[O-].CC1N(C)CC[NH+]1C. The molecule has 0 spiro atoms. The van der Waals surface area contributed by atoms with Crippen molar-refractivity contribution in [2.75, 3.05) is 32.9 Å². The molecule has 6 heteroatoms. The van der Waals surface area contributed by atoms with E-state index in [4.69, 9.17) is 0 Å². The zero-order valence-electron chi connectivity index (χ0n) is 10.3. The molecule has 2 atom stereocenters. The number of nitrogens with one attached hydrogen (secondary N) is 1. The minimum atomic E-state index is -4.01. The largest absolute Gasteiger partial charge is 0.748 e. The van der Waals surface area contributed by atoms with Gasteiger partial charge in [-0.1, -0.05) is 6.08 Å². The van der Waals surface area contributed by atoms with Crippen molar-refractivity contribution in [1.82, 2.24) is 4.90 Å². The Morgan fingerprint density at radius 2 is 2.19 bits per heavy atom. The standard InChI is InChI=1S/C6H14N2.C4H8O3S/c1-6-7(2)4-5-8(6)3;1-2-3-4-8(5,6)7/h6H,4-5H2,1-3H3;2H,1,3-4H2,(H,5,6,7). The molecule has 1 aliphatic heterocycles. The summed E-state index contributed by atoms with van der Waals surface area (Å²) in [6.07, 6.45) is 2.37. The van der Waals surface area contributed by atoms with Gasteiger partial charge in [0.25, 0.3) is 0 Å². The Labute approximate surface area is 98.5 Å². The van der Waals surface area contributed by atoms with Gasteiger partial charge in [0.2, 0.25) is 0 Å². The molecule has 0 aromatic carbocycles. The molecule has 16 heavy (non-hydrogen) atoms. The highest BCUT2D eigenvalue weighted by molar-refractivity contribution is 7.85. The predicted molar refractivity (Wildman–Crippen MR) is 63.2 cm³/mol. The molecule has 2 unspecified atom stereocenters. The van der Waals surface area contributed by atoms with Gasteiger partial charge in [-0.2, -0.15) is 0 Å². The fourth-order valence-corrected chi connectivity index (χ4v) is 1.81. The molecule has 0 amide bonds. The van der Waals surface area contributed by atoms with Crippen LogP contribution in [-0.4, -0.2) is 57.0 Å². The van der Waals surface area contributed by atoms with Crippen LogP contribution in [0.15, 0.2) is 12.7 Å². The van der Waals surface area contributed by atoms with Gasteiger partial charge in [-0.25, -0.2) is 8.42 Å². The maximum atomic E-state index is 9.79. The van der Waals surface area contributed by atoms with E-state index in [1.165, 1.54) is 19.2 Å². The normalized spacial score (nSPS) is 26.0. The molecule has 0 bridgehead atoms. The number of likely N-dealkylation sites (N-methyl/N-ethyl adjacent to an activating group) is 2. The highest BCUT2D eigenvalue weighted by Gasteiger charge is 2.24. The molecule has 0 aromatic heterocycles. The summed E-state index contributed by atoms with van der Waals surface area (Å²) < 4.78 is 29.4. The summed E-state index contributed by atoms with van der Waals surface area (Å²) in [5, 5.41) is 0. The number of nitrogens with zero attached hydrogens (tertiary/aromatic N) is 1. The smallest absolute Gasteiger partial charge is 0.140 e. The Balaban J connectivity index is 0.000000281. The Kier molecular flexibility index (Phi) is 6.82. The molecule has 1 rings (SSSR count). The molecule has 1 aliphatic rings. The molecular weight excluding hydrogens is 228 g/mol. The topological polar surface area (TPSA) is 64.9 Å². The molecule has 1 heterocycles. The van der Waals surface area contributed by atoms with Gasteiger partial charge in [0, 0.05) is 12.7 Å². The van der Waals surface area contributed by atoms with Crippen LogP contribution in [0, 0.1) is 0 Å². The van der Waals surface area contributed by atoms with E-state index in [1.54, 1.807) is 4.90 Å². The first-order valence-electron chi connectivity index (χ1n) is 5.35. The van der Waals surface area contributed by atoms with Crippen LogP contribution >= 0.6 is 0 Å². The van der Waals surface area contributed by atoms with Crippen LogP contribution in [0.3, 0.4) is 0 Å². The first-order valence-corrected chi connectivity index (χ1v) is 6.92. The van der Waals surface area contributed by atoms with E-state index in [-0.39, 0.29) is 12.2 Å². The van der Waals surface area contributed by atoms with Gasteiger partial charge < -0.3 is 9.45 Å². The van der Waals surface area contributed by atoms with Gasteiger partial charge in [0.15, 0.2) is 0 Å². The first kappa shape index (κ1) is 15.6. The Bertz CT molecular complexity index is 293. The third-order valence-electron chi connectivity index (χ3n) is 2.81. The Hall–Kier alpha value is -0.430. The quantitative estimate of drug-likeness (QED) is 0.510. The van der Waals surface area contributed by atoms with E-state index in [1.807, 2.05) is 0 Å². The summed E-state index contributed by atoms with van der Waals surface area (Å²) in [4.78, 5) is 4.02. The van der Waals surface area contributed by atoms with Crippen LogP contribution < -0.4 is 4.90 Å². The van der Waals surface area contributed by atoms with Crippen molar-refractivity contribution in [3.05, 3.63) is 12.7 Å². The highest BCUT2D eigenvalue weighted by atomic mass is 32.2. The van der Waals surface area contributed by atoms with E-state index in [0.717, 1.165) is 6.17 Å². The van der Waals surface area contributed by atoms with Crippen molar-refractivity contribution in [3.8, 4) is 0 Å². The second-order valence-electron chi connectivity index (χ2n) is 4.09. The van der Waals surface area contributed by atoms with E-state index in [0.29, 0.717) is 0 Å². The third-order valence-corrected chi connectivity index (χ3v) is 3.54. The molecule has 0 aromatic rings. The summed E-state index contributed by atoms with van der Waals surface area (Å²) in [5.41, 5.74) is 0. The van der Waals surface area contributed by atoms with E-state index >= 15 is 0 Å². The lowest BCUT2D eigenvalue weighted by atomic mass is 10.5. The number of rotatable bonds is 3. The van der Waals surface area contributed by atoms with Gasteiger partial charge in [-0.15, -0.1) is 6.58 Å². The van der Waals surface area contributed by atoms with Gasteiger partial charge in [0.1, 0.15) is 6.17 Å². The summed E-state index contributed by atoms with van der Waals surface area (Å²) in [6, 6.07) is 0. The van der Waals surface area contributed by atoms with Crippen LogP contribution in [0.4, 0.5) is 0 Å². The minimum Gasteiger partial charge on any atom is -0.748 e. The molecule has 96 valence electrons. The highest BCUT2D eigenvalue weighted by Crippen LogP contribution is 1.89. The first-order chi connectivity index (χ1) is 7.28. The number of allylic oxidation sites excluding steroid dienone is 1. The maximum absolute atomic E-state index is 9.79. The number of hydrogen-bond donors (Lipinski definition) is 1. The molecule has 1 fully saturated rings. The maximum Gasteiger partial charge on any atom is 0.140 e. The molecular formula is C10H22N2O3S. The fraction of sp³-hybridized carbons (Fsp3) is 0.800. The van der Waals surface area contributed by atoms with Crippen LogP contribution in [0.5, 0.6) is 0 Å². The van der Waals surface area contributed by atoms with Crippen molar-refractivity contribution in [1.29, 1.82) is 0 Å². The predicted octanol–water partition coefficient (Wildman–Crippen LogP) is -1.10. The molecule has 0 radical (unpaired) electrons. The molecule has 1 saturated heterocycles. The lowest BCUT2D eigenvalue weighted by Gasteiger charge is -2.15. The molecule has 1 N–H and O–H groups in total. The minimum absolute atomic E-state index is 0.242. The summed E-state index contributed by atoms with van der Waals surface area (Å²) >= 11 is 0. The zero-order valence-corrected chi connectivity index (χ0v) is 11.1. The Morgan fingerprint density at radius 3 is 2.31 bits per heavy atom. The number of hydrogen-bond acceptors (Lipinski definition) is 4. The van der Waals surface area contributed by atoms with Crippen molar-refractivity contribution >= 4 is 10.1 Å². The van der Waals surface area contributed by atoms with Gasteiger partial charge in [-0.05, 0) is 13.5 Å². The van der Waals surface area contributed by atoms with Crippen molar-refractivity contribution < 1.29 is 17.9 Å². The Morgan fingerprint density at radius 1 is 1.62 bits per heavy atom. The lowest BCUT2D eigenvalue weighted by molar-refractivity contribution is -0.895. The van der Waals surface area contributed by atoms with Crippen LogP contribution in [-0.2, 0) is 10.1 Å². The molecule has 5 nitrogen and oxygen atoms in total. The molecule has 0 aliphatic carbocycles. The third kappa shape index (κ3) is 6.95. The van der Waals surface area contributed by atoms with Crippen molar-refractivity contribution in [3.63, 3.8) is 0 Å². The number of quaternary nitrogens is 1.